The van der Waals surface area contributed by atoms with Crippen LogP contribution in [0.3, 0.4) is 0 Å². The fourth-order valence-electron chi connectivity index (χ4n) is 2.56. The molecule has 1 aliphatic rings. The van der Waals surface area contributed by atoms with Gasteiger partial charge < -0.3 is 10.0 Å². The molecule has 19 heavy (non-hydrogen) atoms. The molecule has 0 unspecified atom stereocenters. The summed E-state index contributed by atoms with van der Waals surface area (Å²) in [4.78, 5) is 14.1. The van der Waals surface area contributed by atoms with E-state index in [2.05, 4.69) is 10.2 Å². The first kappa shape index (κ1) is 13.9. The lowest BCUT2D eigenvalue weighted by atomic mass is 9.88. The molecule has 2 heterocycles. The predicted octanol–water partition coefficient (Wildman–Crippen LogP) is 1.33. The predicted molar refractivity (Wildman–Crippen MR) is 71.9 cm³/mol. The maximum Gasteiger partial charge on any atom is 0.256 e. The Hall–Kier alpha value is -1.49. The molecule has 0 atom stereocenters. The van der Waals surface area contributed by atoms with Crippen LogP contribution in [0.15, 0.2) is 6.07 Å². The summed E-state index contributed by atoms with van der Waals surface area (Å²) in [6.07, 6.45) is 2.35. The van der Waals surface area contributed by atoms with E-state index < -0.39 is 5.60 Å². The molecule has 104 valence electrons. The zero-order valence-electron chi connectivity index (χ0n) is 11.8. The largest absolute Gasteiger partial charge is 0.386 e. The van der Waals surface area contributed by atoms with E-state index in [0.29, 0.717) is 25.1 Å². The zero-order valence-corrected chi connectivity index (χ0v) is 11.8. The van der Waals surface area contributed by atoms with Crippen molar-refractivity contribution in [1.82, 2.24) is 15.1 Å². The fraction of sp³-hybridized carbons (Fsp3) is 0.643. The quantitative estimate of drug-likeness (QED) is 0.890. The normalized spacial score (nSPS) is 17.2. The number of nitrogens with zero attached hydrogens (tertiary/aromatic N) is 3. The van der Waals surface area contributed by atoms with E-state index in [4.69, 9.17) is 0 Å². The van der Waals surface area contributed by atoms with E-state index >= 15 is 0 Å². The van der Waals surface area contributed by atoms with Crippen molar-refractivity contribution >= 4 is 5.91 Å². The molecule has 0 saturated carbocycles. The second-order valence-corrected chi connectivity index (χ2v) is 5.34. The van der Waals surface area contributed by atoms with E-state index in [1.54, 1.807) is 11.0 Å². The molecule has 0 spiro atoms. The molecule has 1 N–H and O–H groups in total. The summed E-state index contributed by atoms with van der Waals surface area (Å²) in [6.45, 7) is 6.66. The van der Waals surface area contributed by atoms with Gasteiger partial charge in [0.1, 0.15) is 0 Å². The van der Waals surface area contributed by atoms with Gasteiger partial charge in [-0.15, -0.1) is 0 Å². The van der Waals surface area contributed by atoms with Gasteiger partial charge in [-0.1, -0.05) is 20.3 Å². The number of likely N-dealkylation sites (tertiary alicyclic amines) is 1. The number of amides is 1. The van der Waals surface area contributed by atoms with Crippen LogP contribution in [-0.2, 0) is 6.42 Å². The Labute approximate surface area is 113 Å². The first-order valence-corrected chi connectivity index (χ1v) is 6.84. The average Bonchev–Trinajstić information content (AvgIpc) is 2.35. The number of aryl methyl sites for hydroxylation is 2. The third-order valence-corrected chi connectivity index (χ3v) is 3.53. The third kappa shape index (κ3) is 2.76. The van der Waals surface area contributed by atoms with Crippen molar-refractivity contribution in [2.45, 2.75) is 45.6 Å². The van der Waals surface area contributed by atoms with Crippen molar-refractivity contribution in [1.29, 1.82) is 0 Å². The minimum absolute atomic E-state index is 0.0457. The monoisotopic (exact) mass is 263 g/mol. The maximum absolute atomic E-state index is 12.4. The molecule has 0 aromatic carbocycles. The van der Waals surface area contributed by atoms with Gasteiger partial charge in [-0.25, -0.2) is 0 Å². The van der Waals surface area contributed by atoms with Crippen molar-refractivity contribution < 1.29 is 9.90 Å². The minimum Gasteiger partial charge on any atom is -0.386 e. The van der Waals surface area contributed by atoms with Crippen LogP contribution >= 0.6 is 0 Å². The van der Waals surface area contributed by atoms with Crippen LogP contribution < -0.4 is 0 Å². The fourth-order valence-corrected chi connectivity index (χ4v) is 2.56. The lowest BCUT2D eigenvalue weighted by Gasteiger charge is -2.46. The molecule has 1 aliphatic heterocycles. The molecule has 0 radical (unpaired) electrons. The average molecular weight is 263 g/mol. The van der Waals surface area contributed by atoms with Crippen LogP contribution in [-0.4, -0.2) is 44.8 Å². The van der Waals surface area contributed by atoms with Crippen LogP contribution in [0.4, 0.5) is 0 Å². The highest BCUT2D eigenvalue weighted by molar-refractivity contribution is 5.96. The van der Waals surface area contributed by atoms with Gasteiger partial charge in [0.15, 0.2) is 0 Å². The van der Waals surface area contributed by atoms with Crippen LogP contribution in [0.2, 0.25) is 0 Å². The summed E-state index contributed by atoms with van der Waals surface area (Å²) < 4.78 is 0. The lowest BCUT2D eigenvalue weighted by Crippen LogP contribution is -2.63. The summed E-state index contributed by atoms with van der Waals surface area (Å²) in [5.41, 5.74) is 1.40. The molecule has 1 aromatic heterocycles. The van der Waals surface area contributed by atoms with Gasteiger partial charge in [-0.05, 0) is 25.8 Å². The van der Waals surface area contributed by atoms with Crippen LogP contribution in [0.1, 0.15) is 48.4 Å². The number of β-amino-alcohol motifs (C(OH)–C–C–N with tert-alkyl or cyclic N) is 1. The summed E-state index contributed by atoms with van der Waals surface area (Å²) in [6, 6.07) is 1.78. The highest BCUT2D eigenvalue weighted by Crippen LogP contribution is 2.27. The Kier molecular flexibility index (Phi) is 3.85. The SMILES string of the molecule is CCCC1(O)CN(C(=O)c2cc(C)nnc2CC)C1. The molecule has 1 amide bonds. The number of rotatable bonds is 4. The lowest BCUT2D eigenvalue weighted by molar-refractivity contribution is -0.0860. The van der Waals surface area contributed by atoms with E-state index in [0.717, 1.165) is 24.2 Å². The Morgan fingerprint density at radius 3 is 2.68 bits per heavy atom. The molecule has 1 aromatic rings. The molecule has 0 aliphatic carbocycles. The van der Waals surface area contributed by atoms with Crippen molar-refractivity contribution in [2.24, 2.45) is 0 Å². The summed E-state index contributed by atoms with van der Waals surface area (Å²) in [5.74, 6) is -0.0457. The molecule has 5 nitrogen and oxygen atoms in total. The number of carbonyl (C=O) groups is 1. The molecule has 1 fully saturated rings. The van der Waals surface area contributed by atoms with Gasteiger partial charge in [0.2, 0.25) is 0 Å². The number of hydrogen-bond donors (Lipinski definition) is 1. The van der Waals surface area contributed by atoms with Gasteiger partial charge in [0.05, 0.1) is 35.6 Å². The Bertz CT molecular complexity index is 482. The Balaban J connectivity index is 2.12. The van der Waals surface area contributed by atoms with Gasteiger partial charge in [-0.3, -0.25) is 4.79 Å². The van der Waals surface area contributed by atoms with Gasteiger partial charge in [0.25, 0.3) is 5.91 Å². The second-order valence-electron chi connectivity index (χ2n) is 5.34. The highest BCUT2D eigenvalue weighted by atomic mass is 16.3. The maximum atomic E-state index is 12.4. The molecule has 0 bridgehead atoms. The van der Waals surface area contributed by atoms with Crippen molar-refractivity contribution in [3.8, 4) is 0 Å². The number of aromatic nitrogens is 2. The third-order valence-electron chi connectivity index (χ3n) is 3.53. The van der Waals surface area contributed by atoms with Gasteiger partial charge in [0, 0.05) is 0 Å². The van der Waals surface area contributed by atoms with Crippen LogP contribution in [0.5, 0.6) is 0 Å². The van der Waals surface area contributed by atoms with Crippen molar-refractivity contribution in [3.63, 3.8) is 0 Å². The highest BCUT2D eigenvalue weighted by Gasteiger charge is 2.43. The van der Waals surface area contributed by atoms with Gasteiger partial charge >= 0.3 is 0 Å². The summed E-state index contributed by atoms with van der Waals surface area (Å²) in [7, 11) is 0. The van der Waals surface area contributed by atoms with E-state index in [1.165, 1.54) is 0 Å². The first-order valence-electron chi connectivity index (χ1n) is 6.84. The molecular weight excluding hydrogens is 242 g/mol. The van der Waals surface area contributed by atoms with Crippen molar-refractivity contribution in [3.05, 3.63) is 23.0 Å². The zero-order chi connectivity index (χ0) is 14.0. The molecule has 5 heteroatoms. The Morgan fingerprint density at radius 1 is 1.42 bits per heavy atom. The van der Waals surface area contributed by atoms with E-state index in [1.807, 2.05) is 20.8 Å². The van der Waals surface area contributed by atoms with E-state index in [-0.39, 0.29) is 5.91 Å². The molecule has 1 saturated heterocycles. The van der Waals surface area contributed by atoms with E-state index in [9.17, 15) is 9.90 Å². The number of hydrogen-bond acceptors (Lipinski definition) is 4. The first-order chi connectivity index (χ1) is 8.99. The summed E-state index contributed by atoms with van der Waals surface area (Å²) >= 11 is 0. The summed E-state index contributed by atoms with van der Waals surface area (Å²) in [5, 5.41) is 18.2. The molecular formula is C14H21N3O2. The minimum atomic E-state index is -0.688. The van der Waals surface area contributed by atoms with Crippen LogP contribution in [0.25, 0.3) is 0 Å². The number of carbonyl (C=O) groups excluding carboxylic acids is 1. The van der Waals surface area contributed by atoms with Crippen LogP contribution in [0, 0.1) is 6.92 Å². The topological polar surface area (TPSA) is 66.3 Å². The Morgan fingerprint density at radius 2 is 2.11 bits per heavy atom. The second kappa shape index (κ2) is 5.25. The standard InChI is InChI=1S/C14H21N3O2/c1-4-6-14(19)8-17(9-14)13(18)11-7-10(3)15-16-12(11)5-2/h7,19H,4-6,8-9H2,1-3H3. The molecule has 2 rings (SSSR count). The smallest absolute Gasteiger partial charge is 0.256 e. The van der Waals surface area contributed by atoms with Crippen molar-refractivity contribution in [2.75, 3.05) is 13.1 Å². The van der Waals surface area contributed by atoms with Gasteiger partial charge in [-0.2, -0.15) is 10.2 Å². The number of aliphatic hydroxyl groups is 1.